The highest BCUT2D eigenvalue weighted by molar-refractivity contribution is 6.61. The van der Waals surface area contributed by atoms with Gasteiger partial charge in [0.1, 0.15) is 0 Å². The molecule has 0 spiro atoms. The van der Waals surface area contributed by atoms with Crippen LogP contribution in [0.25, 0.3) is 33.0 Å². The van der Waals surface area contributed by atoms with Crippen molar-refractivity contribution in [3.05, 3.63) is 153 Å². The number of hydrogen-bond donors (Lipinski definition) is 0. The first-order valence-electron chi connectivity index (χ1n) is 16.2. The molecular weight excluding hydrogens is 556 g/mol. The first kappa shape index (κ1) is 29.6. The summed E-state index contributed by atoms with van der Waals surface area (Å²) in [5.41, 5.74) is 20.8. The number of aryl methyl sites for hydroxylation is 8. The molecule has 0 bridgehead atoms. The zero-order valence-electron chi connectivity index (χ0n) is 28.1. The predicted molar refractivity (Wildman–Crippen MR) is 198 cm³/mol. The van der Waals surface area contributed by atoms with Crippen molar-refractivity contribution in [2.45, 2.75) is 55.4 Å². The monoisotopic (exact) mass is 596 g/mol. The summed E-state index contributed by atoms with van der Waals surface area (Å²) in [5, 5.41) is 2.43. The van der Waals surface area contributed by atoms with E-state index in [0.29, 0.717) is 0 Å². The van der Waals surface area contributed by atoms with Crippen molar-refractivity contribution in [1.29, 1.82) is 0 Å². The summed E-state index contributed by atoms with van der Waals surface area (Å²) in [6.07, 6.45) is 0. The van der Waals surface area contributed by atoms with Crippen molar-refractivity contribution < 1.29 is 0 Å². The van der Waals surface area contributed by atoms with E-state index in [2.05, 4.69) is 152 Å². The van der Waals surface area contributed by atoms with E-state index in [1.54, 1.807) is 0 Å². The van der Waals surface area contributed by atoms with Crippen molar-refractivity contribution >= 4 is 33.6 Å². The topological polar surface area (TPSA) is 24.7 Å². The van der Waals surface area contributed by atoms with Gasteiger partial charge in [0.05, 0.1) is 22.8 Å². The molecule has 6 aromatic rings. The second kappa shape index (κ2) is 11.4. The van der Waals surface area contributed by atoms with E-state index in [1.807, 2.05) is 0 Å². The fourth-order valence-electron chi connectivity index (χ4n) is 7.52. The van der Waals surface area contributed by atoms with E-state index < -0.39 is 0 Å². The van der Waals surface area contributed by atoms with E-state index in [4.69, 9.17) is 9.98 Å². The molecule has 0 atom stereocenters. The van der Waals surface area contributed by atoms with Crippen LogP contribution in [-0.4, -0.2) is 11.4 Å². The van der Waals surface area contributed by atoms with Crippen LogP contribution >= 0.6 is 0 Å². The minimum Gasteiger partial charge on any atom is -0.245 e. The molecule has 0 heterocycles. The maximum absolute atomic E-state index is 5.65. The van der Waals surface area contributed by atoms with Gasteiger partial charge in [0.15, 0.2) is 0 Å². The maximum atomic E-state index is 5.65. The third kappa shape index (κ3) is 4.90. The second-order valence-corrected chi connectivity index (χ2v) is 13.1. The summed E-state index contributed by atoms with van der Waals surface area (Å²) in [4.78, 5) is 11.3. The van der Waals surface area contributed by atoms with Gasteiger partial charge in [-0.25, -0.2) is 9.98 Å². The Morgan fingerprint density at radius 1 is 0.370 bits per heavy atom. The van der Waals surface area contributed by atoms with Gasteiger partial charge in [0.25, 0.3) is 0 Å². The number of aliphatic imine (C=N–C) groups is 2. The normalized spacial score (nSPS) is 14.2. The molecule has 6 aromatic carbocycles. The molecule has 1 aliphatic rings. The van der Waals surface area contributed by atoms with Crippen LogP contribution in [0, 0.1) is 55.4 Å². The molecule has 2 nitrogen and oxygen atoms in total. The molecular formula is C44H40N2. The Hall–Kier alpha value is -5.08. The standard InChI is InChI=1S/C44H40N2/c1-25-21-31(7)41(36(23-25)38-27(3)13-9-14-28(38)4)45-43-34-19-11-17-33-18-12-20-35(40(33)34)44(43)46-42-32(8)22-26(2)24-37(42)39-29(5)15-10-16-30(39)6/h9-24H,1-8H3. The molecule has 1 aliphatic carbocycles. The molecule has 0 amide bonds. The summed E-state index contributed by atoms with van der Waals surface area (Å²) < 4.78 is 0. The van der Waals surface area contributed by atoms with Crippen LogP contribution in [0.15, 0.2) is 107 Å². The molecule has 226 valence electrons. The van der Waals surface area contributed by atoms with Gasteiger partial charge in [-0.1, -0.05) is 96.1 Å². The van der Waals surface area contributed by atoms with Crippen LogP contribution in [0.4, 0.5) is 11.4 Å². The second-order valence-electron chi connectivity index (χ2n) is 13.1. The molecule has 2 heteroatoms. The highest BCUT2D eigenvalue weighted by atomic mass is 14.8. The highest BCUT2D eigenvalue weighted by Crippen LogP contribution is 2.43. The van der Waals surface area contributed by atoms with Crippen molar-refractivity contribution in [2.24, 2.45) is 9.98 Å². The van der Waals surface area contributed by atoms with Crippen LogP contribution in [0.2, 0.25) is 0 Å². The Morgan fingerprint density at radius 2 is 0.739 bits per heavy atom. The van der Waals surface area contributed by atoms with Gasteiger partial charge in [0.2, 0.25) is 0 Å². The van der Waals surface area contributed by atoms with Crippen LogP contribution in [0.3, 0.4) is 0 Å². The number of hydrogen-bond acceptors (Lipinski definition) is 2. The smallest absolute Gasteiger partial charge is 0.0979 e. The number of nitrogens with zero attached hydrogens (tertiary/aromatic N) is 2. The molecule has 0 saturated carbocycles. The predicted octanol–water partition coefficient (Wildman–Crippen LogP) is 11.9. The van der Waals surface area contributed by atoms with Crippen molar-refractivity contribution in [2.75, 3.05) is 0 Å². The molecule has 0 saturated heterocycles. The fraction of sp³-hybridized carbons (Fsp3) is 0.182. The molecule has 46 heavy (non-hydrogen) atoms. The first-order valence-corrected chi connectivity index (χ1v) is 16.2. The van der Waals surface area contributed by atoms with Gasteiger partial charge in [-0.2, -0.15) is 0 Å². The van der Waals surface area contributed by atoms with Gasteiger partial charge in [-0.05, 0) is 117 Å². The minimum atomic E-state index is 0.929. The van der Waals surface area contributed by atoms with Crippen LogP contribution < -0.4 is 0 Å². The lowest BCUT2D eigenvalue weighted by Gasteiger charge is -2.18. The zero-order chi connectivity index (χ0) is 32.3. The molecule has 0 aliphatic heterocycles. The average molecular weight is 597 g/mol. The Morgan fingerprint density at radius 3 is 1.13 bits per heavy atom. The maximum Gasteiger partial charge on any atom is 0.0979 e. The van der Waals surface area contributed by atoms with E-state index in [-0.39, 0.29) is 0 Å². The average Bonchev–Trinajstić information content (AvgIpc) is 3.29. The van der Waals surface area contributed by atoms with Gasteiger partial charge < -0.3 is 0 Å². The largest absolute Gasteiger partial charge is 0.245 e. The van der Waals surface area contributed by atoms with Crippen molar-refractivity contribution in [3.63, 3.8) is 0 Å². The van der Waals surface area contributed by atoms with Crippen LogP contribution in [-0.2, 0) is 0 Å². The summed E-state index contributed by atoms with van der Waals surface area (Å²) in [7, 11) is 0. The lowest BCUT2D eigenvalue weighted by atomic mass is 9.91. The minimum absolute atomic E-state index is 0.929. The first-order chi connectivity index (χ1) is 22.1. The summed E-state index contributed by atoms with van der Waals surface area (Å²) in [6.45, 7) is 17.5. The molecule has 0 aromatic heterocycles. The third-order valence-corrected chi connectivity index (χ3v) is 9.48. The van der Waals surface area contributed by atoms with Gasteiger partial charge in [0, 0.05) is 27.6 Å². The van der Waals surface area contributed by atoms with E-state index >= 15 is 0 Å². The third-order valence-electron chi connectivity index (χ3n) is 9.48. The Labute approximate surface area is 273 Å². The van der Waals surface area contributed by atoms with Gasteiger partial charge in [-0.3, -0.25) is 0 Å². The Kier molecular flexibility index (Phi) is 7.32. The summed E-state index contributed by atoms with van der Waals surface area (Å²) in [6, 6.07) is 35.3. The zero-order valence-corrected chi connectivity index (χ0v) is 28.1. The summed E-state index contributed by atoms with van der Waals surface area (Å²) in [5.74, 6) is 0. The lowest BCUT2D eigenvalue weighted by Crippen LogP contribution is -2.11. The van der Waals surface area contributed by atoms with E-state index in [9.17, 15) is 0 Å². The van der Waals surface area contributed by atoms with Crippen LogP contribution in [0.5, 0.6) is 0 Å². The number of benzene rings is 6. The fourth-order valence-corrected chi connectivity index (χ4v) is 7.52. The van der Waals surface area contributed by atoms with Crippen molar-refractivity contribution in [1.82, 2.24) is 0 Å². The quantitative estimate of drug-likeness (QED) is 0.193. The summed E-state index contributed by atoms with van der Waals surface area (Å²) >= 11 is 0. The van der Waals surface area contributed by atoms with E-state index in [0.717, 1.165) is 45.1 Å². The van der Waals surface area contributed by atoms with Crippen LogP contribution in [0.1, 0.15) is 55.6 Å². The van der Waals surface area contributed by atoms with Gasteiger partial charge >= 0.3 is 0 Å². The Bertz CT molecular complexity index is 2080. The molecule has 0 N–H and O–H groups in total. The van der Waals surface area contributed by atoms with Crippen molar-refractivity contribution in [3.8, 4) is 22.3 Å². The van der Waals surface area contributed by atoms with E-state index in [1.165, 1.54) is 66.4 Å². The van der Waals surface area contributed by atoms with Gasteiger partial charge in [-0.15, -0.1) is 0 Å². The molecule has 7 rings (SSSR count). The Balaban J connectivity index is 1.57. The molecule has 0 fully saturated rings. The molecule has 0 unspecified atom stereocenters. The lowest BCUT2D eigenvalue weighted by molar-refractivity contribution is 1.31. The molecule has 0 radical (unpaired) electrons. The number of rotatable bonds is 4. The SMILES string of the molecule is Cc1cc(C)c(N=C2C(=Nc3c(C)cc(C)cc3-c3c(C)cccc3C)c3cccc4cccc2c34)c(-c2c(C)cccc2C)c1. The highest BCUT2D eigenvalue weighted by Gasteiger charge is 2.29.